The van der Waals surface area contributed by atoms with Crippen molar-refractivity contribution in [2.75, 3.05) is 26.2 Å². The van der Waals surface area contributed by atoms with Crippen LogP contribution in [0.3, 0.4) is 0 Å². The second-order valence-corrected chi connectivity index (χ2v) is 10.9. The van der Waals surface area contributed by atoms with Crippen molar-refractivity contribution in [2.45, 2.75) is 49.2 Å². The lowest BCUT2D eigenvalue weighted by molar-refractivity contribution is -0.138. The first-order chi connectivity index (χ1) is 12.0. The molecule has 1 atom stereocenters. The minimum atomic E-state index is -3.48. The molecule has 0 radical (unpaired) electrons. The van der Waals surface area contributed by atoms with E-state index in [1.807, 2.05) is 4.90 Å². The lowest BCUT2D eigenvalue weighted by Crippen LogP contribution is -2.43. The van der Waals surface area contributed by atoms with Crippen molar-refractivity contribution >= 4 is 27.3 Å². The Balaban J connectivity index is 1.63. The van der Waals surface area contributed by atoms with Gasteiger partial charge in [0.15, 0.2) is 0 Å². The molecule has 1 aromatic heterocycles. The van der Waals surface area contributed by atoms with Gasteiger partial charge in [-0.25, -0.2) is 8.42 Å². The normalized spacial score (nSPS) is 27.2. The topological polar surface area (TPSA) is 57.7 Å². The van der Waals surface area contributed by atoms with Crippen molar-refractivity contribution in [3.05, 3.63) is 17.5 Å². The molecule has 3 aliphatic rings. The number of hydrogen-bond acceptors (Lipinski definition) is 4. The van der Waals surface area contributed by atoms with E-state index >= 15 is 0 Å². The molecule has 138 valence electrons. The molecule has 3 fully saturated rings. The van der Waals surface area contributed by atoms with Crippen molar-refractivity contribution < 1.29 is 13.2 Å². The van der Waals surface area contributed by atoms with Gasteiger partial charge in [-0.1, -0.05) is 25.3 Å². The fraction of sp³-hybridized carbons (Fsp3) is 0.722. The Bertz CT molecular complexity index is 718. The van der Waals surface area contributed by atoms with Crippen LogP contribution in [0.5, 0.6) is 0 Å². The molecule has 2 aliphatic heterocycles. The van der Waals surface area contributed by atoms with E-state index < -0.39 is 10.0 Å². The summed E-state index contributed by atoms with van der Waals surface area (Å²) in [6, 6.07) is 3.44. The van der Waals surface area contributed by atoms with Gasteiger partial charge in [-0.3, -0.25) is 4.79 Å². The Kier molecular flexibility index (Phi) is 4.67. The second kappa shape index (κ2) is 6.67. The average molecular weight is 383 g/mol. The predicted molar refractivity (Wildman–Crippen MR) is 97.9 cm³/mol. The standard InChI is InChI=1S/C18H26N2O3S2/c21-17(19-10-4-5-11-19)15-13-20(14-18(15)8-2-1-3-9-18)25(22,23)16-7-6-12-24-16/h6-7,12,15H,1-5,8-11,13-14H2/t15-/m0/s1. The van der Waals surface area contributed by atoms with Crippen LogP contribution in [0.25, 0.3) is 0 Å². The minimum Gasteiger partial charge on any atom is -0.342 e. The molecule has 1 spiro atoms. The van der Waals surface area contributed by atoms with Gasteiger partial charge < -0.3 is 4.90 Å². The van der Waals surface area contributed by atoms with Crippen LogP contribution in [0.15, 0.2) is 21.7 Å². The van der Waals surface area contributed by atoms with Gasteiger partial charge in [0.2, 0.25) is 5.91 Å². The lowest BCUT2D eigenvalue weighted by atomic mass is 9.67. The molecule has 25 heavy (non-hydrogen) atoms. The van der Waals surface area contributed by atoms with E-state index in [2.05, 4.69) is 0 Å². The minimum absolute atomic E-state index is 0.151. The third kappa shape index (κ3) is 3.04. The zero-order valence-corrected chi connectivity index (χ0v) is 16.2. The quantitative estimate of drug-likeness (QED) is 0.808. The van der Waals surface area contributed by atoms with Gasteiger partial charge in [-0.2, -0.15) is 4.31 Å². The van der Waals surface area contributed by atoms with Gasteiger partial charge >= 0.3 is 0 Å². The van der Waals surface area contributed by atoms with Crippen LogP contribution >= 0.6 is 11.3 Å². The molecule has 1 amide bonds. The van der Waals surface area contributed by atoms with Crippen LogP contribution in [-0.2, 0) is 14.8 Å². The number of carbonyl (C=O) groups excluding carboxylic acids is 1. The van der Waals surface area contributed by atoms with Crippen LogP contribution in [0.4, 0.5) is 0 Å². The van der Waals surface area contributed by atoms with E-state index in [9.17, 15) is 13.2 Å². The summed E-state index contributed by atoms with van der Waals surface area (Å²) in [6.07, 6.45) is 7.52. The Morgan fingerprint density at radius 1 is 1.12 bits per heavy atom. The van der Waals surface area contributed by atoms with Gasteiger partial charge in [-0.05, 0) is 42.5 Å². The third-order valence-corrected chi connectivity index (χ3v) is 9.46. The number of hydrogen-bond donors (Lipinski definition) is 0. The summed E-state index contributed by atoms with van der Waals surface area (Å²) >= 11 is 1.26. The van der Waals surface area contributed by atoms with Gasteiger partial charge in [0.05, 0.1) is 5.92 Å². The van der Waals surface area contributed by atoms with Crippen molar-refractivity contribution in [1.82, 2.24) is 9.21 Å². The van der Waals surface area contributed by atoms with E-state index in [-0.39, 0.29) is 17.2 Å². The highest BCUT2D eigenvalue weighted by molar-refractivity contribution is 7.91. The van der Waals surface area contributed by atoms with Gasteiger partial charge in [0.1, 0.15) is 4.21 Å². The highest BCUT2D eigenvalue weighted by atomic mass is 32.2. The van der Waals surface area contributed by atoms with Crippen LogP contribution in [0.1, 0.15) is 44.9 Å². The Hall–Kier alpha value is -0.920. The van der Waals surface area contributed by atoms with E-state index in [4.69, 9.17) is 0 Å². The molecule has 1 saturated carbocycles. The molecular weight excluding hydrogens is 356 g/mol. The van der Waals surface area contributed by atoms with Crippen LogP contribution in [0.2, 0.25) is 0 Å². The molecule has 0 bridgehead atoms. The number of sulfonamides is 1. The fourth-order valence-corrected chi connectivity index (χ4v) is 7.60. The monoisotopic (exact) mass is 382 g/mol. The van der Waals surface area contributed by atoms with E-state index in [0.29, 0.717) is 17.3 Å². The lowest BCUT2D eigenvalue weighted by Gasteiger charge is -2.38. The molecule has 3 heterocycles. The van der Waals surface area contributed by atoms with Crippen molar-refractivity contribution in [3.8, 4) is 0 Å². The third-order valence-electron chi connectivity index (χ3n) is 6.27. The molecule has 4 rings (SSSR count). The maximum Gasteiger partial charge on any atom is 0.252 e. The molecular formula is C18H26N2O3S2. The largest absolute Gasteiger partial charge is 0.342 e. The van der Waals surface area contributed by atoms with Crippen LogP contribution in [-0.4, -0.2) is 49.7 Å². The predicted octanol–water partition coefficient (Wildman–Crippen LogP) is 2.94. The van der Waals surface area contributed by atoms with Crippen molar-refractivity contribution in [3.63, 3.8) is 0 Å². The molecule has 0 aromatic carbocycles. The molecule has 5 nitrogen and oxygen atoms in total. The summed E-state index contributed by atoms with van der Waals surface area (Å²) in [4.78, 5) is 15.2. The summed E-state index contributed by atoms with van der Waals surface area (Å²) in [7, 11) is -3.48. The number of amides is 1. The first kappa shape index (κ1) is 17.5. The van der Waals surface area contributed by atoms with Crippen molar-refractivity contribution in [1.29, 1.82) is 0 Å². The van der Waals surface area contributed by atoms with Gasteiger partial charge in [0.25, 0.3) is 10.0 Å². The van der Waals surface area contributed by atoms with E-state index in [1.165, 1.54) is 17.8 Å². The maximum absolute atomic E-state index is 13.2. The second-order valence-electron chi connectivity index (χ2n) is 7.74. The zero-order valence-electron chi connectivity index (χ0n) is 14.5. The van der Waals surface area contributed by atoms with Crippen molar-refractivity contribution in [2.24, 2.45) is 11.3 Å². The SMILES string of the molecule is O=C([C@@H]1CN(S(=O)(=O)c2cccs2)CC12CCCCC2)N1CCCC1. The number of likely N-dealkylation sites (tertiary alicyclic amines) is 1. The summed E-state index contributed by atoms with van der Waals surface area (Å²) in [5.74, 6) is 0.0314. The van der Waals surface area contributed by atoms with Gasteiger partial charge in [-0.15, -0.1) is 11.3 Å². The average Bonchev–Trinajstić information content (AvgIpc) is 3.36. The smallest absolute Gasteiger partial charge is 0.252 e. The van der Waals surface area contributed by atoms with E-state index in [1.54, 1.807) is 21.8 Å². The first-order valence-corrected chi connectivity index (χ1v) is 11.7. The highest BCUT2D eigenvalue weighted by Crippen LogP contribution is 2.49. The fourth-order valence-electron chi connectivity index (χ4n) is 4.90. The summed E-state index contributed by atoms with van der Waals surface area (Å²) in [5.41, 5.74) is -0.151. The molecule has 2 saturated heterocycles. The first-order valence-electron chi connectivity index (χ1n) is 9.35. The number of carbonyl (C=O) groups is 1. The van der Waals surface area contributed by atoms with Crippen LogP contribution in [0, 0.1) is 11.3 Å². The van der Waals surface area contributed by atoms with E-state index in [0.717, 1.165) is 51.6 Å². The maximum atomic E-state index is 13.2. The van der Waals surface area contributed by atoms with Crippen LogP contribution < -0.4 is 0 Å². The highest BCUT2D eigenvalue weighted by Gasteiger charge is 2.54. The molecule has 0 unspecified atom stereocenters. The number of nitrogens with zero attached hydrogens (tertiary/aromatic N) is 2. The molecule has 1 aliphatic carbocycles. The number of thiophene rings is 1. The Morgan fingerprint density at radius 3 is 2.48 bits per heavy atom. The summed E-state index contributed by atoms with van der Waals surface area (Å²) in [5, 5.41) is 1.80. The number of rotatable bonds is 3. The Labute approximate surface area is 154 Å². The Morgan fingerprint density at radius 2 is 1.84 bits per heavy atom. The summed E-state index contributed by atoms with van der Waals surface area (Å²) < 4.78 is 28.0. The molecule has 0 N–H and O–H groups in total. The zero-order chi connectivity index (χ0) is 17.5. The van der Waals surface area contributed by atoms with Gasteiger partial charge in [0, 0.05) is 26.2 Å². The molecule has 7 heteroatoms. The molecule has 1 aromatic rings. The summed E-state index contributed by atoms with van der Waals surface area (Å²) in [6.45, 7) is 2.54.